The minimum Gasteiger partial charge on any atom is -0.330 e. The Morgan fingerprint density at radius 2 is 2.10 bits per heavy atom. The van der Waals surface area contributed by atoms with Gasteiger partial charge in [-0.1, -0.05) is 18.6 Å². The van der Waals surface area contributed by atoms with Crippen molar-refractivity contribution in [2.24, 2.45) is 12.0 Å². The van der Waals surface area contributed by atoms with E-state index in [0.717, 1.165) is 48.4 Å². The van der Waals surface area contributed by atoms with Crippen molar-refractivity contribution in [1.29, 1.82) is 5.26 Å². The minimum absolute atomic E-state index is 0.314. The van der Waals surface area contributed by atoms with E-state index >= 15 is 0 Å². The first kappa shape index (κ1) is 12.9. The van der Waals surface area contributed by atoms with Crippen molar-refractivity contribution in [2.75, 3.05) is 6.54 Å². The van der Waals surface area contributed by atoms with Gasteiger partial charge >= 0.3 is 0 Å². The molecular formula is C16H18N4. The number of imidazole rings is 1. The van der Waals surface area contributed by atoms with Gasteiger partial charge in [0, 0.05) is 19.3 Å². The topological polar surface area (TPSA) is 54.0 Å². The SMILES string of the molecule is Cn1c([C@@H](C#N)C2=NCCCCC2)nc2ccccc21. The number of nitriles is 1. The second-order valence-corrected chi connectivity index (χ2v) is 5.26. The predicted molar refractivity (Wildman–Crippen MR) is 79.8 cm³/mol. The van der Waals surface area contributed by atoms with Gasteiger partial charge in [-0.3, -0.25) is 4.99 Å². The zero-order valence-corrected chi connectivity index (χ0v) is 11.7. The summed E-state index contributed by atoms with van der Waals surface area (Å²) in [5.74, 6) is 0.500. The Bertz CT molecular complexity index is 690. The molecule has 0 fully saturated rings. The van der Waals surface area contributed by atoms with Crippen molar-refractivity contribution in [2.45, 2.75) is 31.6 Å². The van der Waals surface area contributed by atoms with E-state index in [1.54, 1.807) is 0 Å². The number of aryl methyl sites for hydroxylation is 1. The molecule has 0 aliphatic carbocycles. The highest BCUT2D eigenvalue weighted by molar-refractivity contribution is 5.93. The molecule has 0 bridgehead atoms. The smallest absolute Gasteiger partial charge is 0.142 e. The summed E-state index contributed by atoms with van der Waals surface area (Å²) in [6, 6.07) is 10.4. The Balaban J connectivity index is 2.05. The second-order valence-electron chi connectivity index (χ2n) is 5.26. The van der Waals surface area contributed by atoms with E-state index in [-0.39, 0.29) is 5.92 Å². The fourth-order valence-corrected chi connectivity index (χ4v) is 2.84. The van der Waals surface area contributed by atoms with Crippen molar-refractivity contribution < 1.29 is 0 Å². The average molecular weight is 266 g/mol. The van der Waals surface area contributed by atoms with Crippen molar-refractivity contribution in [3.05, 3.63) is 30.1 Å². The summed E-state index contributed by atoms with van der Waals surface area (Å²) in [6.07, 6.45) is 4.38. The standard InChI is InChI=1S/C16H18N4/c1-20-15-9-5-4-8-14(15)19-16(20)12(11-17)13-7-3-2-6-10-18-13/h4-5,8-9,12H,2-3,6-7,10H2,1H3/t12-/m0/s1. The van der Waals surface area contributed by atoms with Crippen LogP contribution in [-0.4, -0.2) is 21.8 Å². The predicted octanol–water partition coefficient (Wildman–Crippen LogP) is 3.20. The maximum absolute atomic E-state index is 9.59. The van der Waals surface area contributed by atoms with E-state index in [2.05, 4.69) is 16.0 Å². The third kappa shape index (κ3) is 2.20. The van der Waals surface area contributed by atoms with E-state index in [0.29, 0.717) is 0 Å². The zero-order chi connectivity index (χ0) is 13.9. The molecule has 20 heavy (non-hydrogen) atoms. The van der Waals surface area contributed by atoms with Crippen LogP contribution in [0, 0.1) is 11.3 Å². The van der Waals surface area contributed by atoms with E-state index in [1.807, 2.05) is 35.9 Å². The normalized spacial score (nSPS) is 17.3. The van der Waals surface area contributed by atoms with Gasteiger partial charge in [0.05, 0.1) is 17.1 Å². The quantitative estimate of drug-likeness (QED) is 0.838. The highest BCUT2D eigenvalue weighted by Gasteiger charge is 2.24. The fourth-order valence-electron chi connectivity index (χ4n) is 2.84. The monoisotopic (exact) mass is 266 g/mol. The fraction of sp³-hybridized carbons (Fsp3) is 0.438. The molecule has 2 heterocycles. The highest BCUT2D eigenvalue weighted by Crippen LogP contribution is 2.25. The molecule has 4 nitrogen and oxygen atoms in total. The van der Waals surface area contributed by atoms with Crippen molar-refractivity contribution in [3.63, 3.8) is 0 Å². The maximum atomic E-state index is 9.59. The van der Waals surface area contributed by atoms with Crippen molar-refractivity contribution in [1.82, 2.24) is 9.55 Å². The first-order valence-electron chi connectivity index (χ1n) is 7.15. The van der Waals surface area contributed by atoms with Gasteiger partial charge in [0.1, 0.15) is 11.7 Å². The summed E-state index contributed by atoms with van der Waals surface area (Å²) in [5, 5.41) is 9.59. The number of para-hydroxylation sites is 2. The lowest BCUT2D eigenvalue weighted by Gasteiger charge is -2.11. The molecule has 0 radical (unpaired) electrons. The van der Waals surface area contributed by atoms with Crippen LogP contribution in [0.15, 0.2) is 29.3 Å². The molecule has 1 aromatic heterocycles. The van der Waals surface area contributed by atoms with Crippen LogP contribution >= 0.6 is 0 Å². The molecule has 4 heteroatoms. The van der Waals surface area contributed by atoms with Crippen LogP contribution in [0.25, 0.3) is 11.0 Å². The molecule has 0 spiro atoms. The second kappa shape index (κ2) is 5.46. The van der Waals surface area contributed by atoms with Crippen LogP contribution in [0.2, 0.25) is 0 Å². The molecule has 1 aliphatic rings. The molecule has 102 valence electrons. The van der Waals surface area contributed by atoms with Gasteiger partial charge in [0.15, 0.2) is 0 Å². The molecule has 3 rings (SSSR count). The Morgan fingerprint density at radius 1 is 1.25 bits per heavy atom. The number of benzene rings is 1. The molecule has 0 unspecified atom stereocenters. The summed E-state index contributed by atoms with van der Waals surface area (Å²) in [5.41, 5.74) is 3.01. The Labute approximate surface area is 118 Å². The number of fused-ring (bicyclic) bond motifs is 1. The average Bonchev–Trinajstić information content (AvgIpc) is 2.68. The summed E-state index contributed by atoms with van der Waals surface area (Å²) in [4.78, 5) is 9.27. The van der Waals surface area contributed by atoms with E-state index < -0.39 is 0 Å². The summed E-state index contributed by atoms with van der Waals surface area (Å²) < 4.78 is 2.02. The van der Waals surface area contributed by atoms with Crippen molar-refractivity contribution in [3.8, 4) is 6.07 Å². The van der Waals surface area contributed by atoms with Crippen LogP contribution < -0.4 is 0 Å². The van der Waals surface area contributed by atoms with Crippen LogP contribution in [0.3, 0.4) is 0 Å². The molecule has 0 saturated heterocycles. The molecule has 1 aliphatic heterocycles. The first-order valence-corrected chi connectivity index (χ1v) is 7.15. The van der Waals surface area contributed by atoms with E-state index in [4.69, 9.17) is 0 Å². The van der Waals surface area contributed by atoms with Crippen LogP contribution in [-0.2, 0) is 7.05 Å². The van der Waals surface area contributed by atoms with E-state index in [9.17, 15) is 5.26 Å². The number of hydrogen-bond acceptors (Lipinski definition) is 3. The summed E-state index contributed by atoms with van der Waals surface area (Å²) in [6.45, 7) is 0.845. The molecule has 0 N–H and O–H groups in total. The summed E-state index contributed by atoms with van der Waals surface area (Å²) in [7, 11) is 1.98. The van der Waals surface area contributed by atoms with Crippen LogP contribution in [0.1, 0.15) is 37.4 Å². The minimum atomic E-state index is -0.314. The Kier molecular flexibility index (Phi) is 3.51. The van der Waals surface area contributed by atoms with Gasteiger partial charge in [0.25, 0.3) is 0 Å². The van der Waals surface area contributed by atoms with Gasteiger partial charge in [0.2, 0.25) is 0 Å². The number of hydrogen-bond donors (Lipinski definition) is 0. The van der Waals surface area contributed by atoms with Crippen molar-refractivity contribution >= 4 is 16.7 Å². The Morgan fingerprint density at radius 3 is 2.90 bits per heavy atom. The molecule has 1 aromatic carbocycles. The van der Waals surface area contributed by atoms with Gasteiger partial charge in [-0.25, -0.2) is 4.98 Å². The molecule has 0 saturated carbocycles. The van der Waals surface area contributed by atoms with Gasteiger partial charge in [-0.2, -0.15) is 5.26 Å². The third-order valence-electron chi connectivity index (χ3n) is 3.95. The lowest BCUT2D eigenvalue weighted by molar-refractivity contribution is 0.729. The van der Waals surface area contributed by atoms with Crippen LogP contribution in [0.5, 0.6) is 0 Å². The van der Waals surface area contributed by atoms with Gasteiger partial charge < -0.3 is 4.57 Å². The van der Waals surface area contributed by atoms with Gasteiger partial charge in [-0.05, 0) is 31.4 Å². The Hall–Kier alpha value is -2.15. The highest BCUT2D eigenvalue weighted by atomic mass is 15.1. The number of nitrogens with zero attached hydrogens (tertiary/aromatic N) is 4. The zero-order valence-electron chi connectivity index (χ0n) is 11.7. The summed E-state index contributed by atoms with van der Waals surface area (Å²) >= 11 is 0. The first-order chi connectivity index (χ1) is 9.81. The lowest BCUT2D eigenvalue weighted by atomic mass is 9.99. The van der Waals surface area contributed by atoms with Gasteiger partial charge in [-0.15, -0.1) is 0 Å². The number of aromatic nitrogens is 2. The lowest BCUT2D eigenvalue weighted by Crippen LogP contribution is -2.15. The van der Waals surface area contributed by atoms with Crippen LogP contribution in [0.4, 0.5) is 0 Å². The molecule has 1 atom stereocenters. The maximum Gasteiger partial charge on any atom is 0.142 e. The molecular weight excluding hydrogens is 248 g/mol. The third-order valence-corrected chi connectivity index (χ3v) is 3.95. The largest absolute Gasteiger partial charge is 0.330 e. The number of aliphatic imine (C=N–C) groups is 1. The molecule has 0 amide bonds. The number of rotatable bonds is 2. The van der Waals surface area contributed by atoms with E-state index in [1.165, 1.54) is 6.42 Å². The molecule has 2 aromatic rings.